The predicted molar refractivity (Wildman–Crippen MR) is 86.6 cm³/mol. The van der Waals surface area contributed by atoms with E-state index in [2.05, 4.69) is 10.3 Å². The highest BCUT2D eigenvalue weighted by Crippen LogP contribution is 2.28. The summed E-state index contributed by atoms with van der Waals surface area (Å²) in [4.78, 5) is 4.40. The lowest BCUT2D eigenvalue weighted by Gasteiger charge is -2.09. The first kappa shape index (κ1) is 14.9. The van der Waals surface area contributed by atoms with Gasteiger partial charge in [0.05, 0.1) is 0 Å². The van der Waals surface area contributed by atoms with Crippen LogP contribution in [-0.2, 0) is 6.61 Å². The van der Waals surface area contributed by atoms with Crippen LogP contribution in [-0.4, -0.2) is 11.4 Å². The van der Waals surface area contributed by atoms with Crippen molar-refractivity contribution in [2.45, 2.75) is 6.61 Å². The van der Waals surface area contributed by atoms with Crippen LogP contribution >= 0.6 is 11.8 Å². The van der Waals surface area contributed by atoms with Crippen molar-refractivity contribution in [3.63, 3.8) is 0 Å². The predicted octanol–water partition coefficient (Wildman–Crippen LogP) is 3.69. The topological polar surface area (TPSA) is 57.4 Å². The molecule has 0 aromatic heterocycles. The first-order chi connectivity index (χ1) is 10.3. The fourth-order valence-corrected chi connectivity index (χ4v) is 2.03. The highest BCUT2D eigenvalue weighted by atomic mass is 32.2. The molecule has 0 saturated heterocycles. The summed E-state index contributed by atoms with van der Waals surface area (Å²) in [5, 5.41) is 11.8. The highest BCUT2D eigenvalue weighted by molar-refractivity contribution is 8.13. The van der Waals surface area contributed by atoms with Gasteiger partial charge < -0.3 is 4.74 Å². The van der Waals surface area contributed by atoms with Gasteiger partial charge in [0.25, 0.3) is 0 Å². The lowest BCUT2D eigenvalue weighted by Crippen LogP contribution is -2.12. The molecule has 0 spiro atoms. The van der Waals surface area contributed by atoms with E-state index in [0.29, 0.717) is 23.2 Å². The van der Waals surface area contributed by atoms with Gasteiger partial charge >= 0.3 is 0 Å². The molecule has 0 radical (unpaired) electrons. The Labute approximate surface area is 128 Å². The molecule has 2 aromatic carbocycles. The van der Waals surface area contributed by atoms with E-state index in [1.165, 1.54) is 11.8 Å². The van der Waals surface area contributed by atoms with Gasteiger partial charge in [0.2, 0.25) is 0 Å². The van der Waals surface area contributed by atoms with Crippen LogP contribution in [0.1, 0.15) is 5.56 Å². The van der Waals surface area contributed by atoms with Crippen LogP contribution in [0.2, 0.25) is 0 Å². The zero-order chi connectivity index (χ0) is 14.9. The molecule has 0 heterocycles. The minimum Gasteiger partial charge on any atom is -0.487 e. The quantitative estimate of drug-likeness (QED) is 0.405. The van der Waals surface area contributed by atoms with E-state index >= 15 is 0 Å². The number of thioether (sulfide) groups is 1. The molecule has 0 saturated carbocycles. The molecule has 0 aliphatic heterocycles. The van der Waals surface area contributed by atoms with Crippen LogP contribution in [0.25, 0.3) is 0 Å². The van der Waals surface area contributed by atoms with Gasteiger partial charge in [0.1, 0.15) is 18.0 Å². The second-order valence-corrected chi connectivity index (χ2v) is 4.89. The number of rotatable bonds is 4. The highest BCUT2D eigenvalue weighted by Gasteiger charge is 2.04. The van der Waals surface area contributed by atoms with Crippen molar-refractivity contribution in [2.75, 3.05) is 6.26 Å². The van der Waals surface area contributed by atoms with E-state index in [-0.39, 0.29) is 0 Å². The van der Waals surface area contributed by atoms with E-state index in [0.717, 1.165) is 5.56 Å². The van der Waals surface area contributed by atoms with Crippen molar-refractivity contribution in [3.05, 3.63) is 60.2 Å². The summed E-state index contributed by atoms with van der Waals surface area (Å²) in [6.07, 6.45) is 3.73. The average Bonchev–Trinajstić information content (AvgIpc) is 2.54. The van der Waals surface area contributed by atoms with Crippen molar-refractivity contribution in [2.24, 2.45) is 4.99 Å². The Morgan fingerprint density at radius 2 is 1.90 bits per heavy atom. The summed E-state index contributed by atoms with van der Waals surface area (Å²) < 4.78 is 5.82. The molecule has 0 bridgehead atoms. The number of amidine groups is 1. The molecule has 0 unspecified atom stereocenters. The molecule has 2 aromatic rings. The molecule has 0 amide bonds. The summed E-state index contributed by atoms with van der Waals surface area (Å²) in [6, 6.07) is 17.5. The third-order valence-electron chi connectivity index (χ3n) is 2.68. The molecule has 2 rings (SSSR count). The van der Waals surface area contributed by atoms with Crippen molar-refractivity contribution < 1.29 is 4.74 Å². The fraction of sp³-hybridized carbons (Fsp3) is 0.125. The Morgan fingerprint density at radius 3 is 2.62 bits per heavy atom. The lowest BCUT2D eigenvalue weighted by atomic mass is 10.2. The van der Waals surface area contributed by atoms with Gasteiger partial charge in [-0.25, -0.2) is 4.99 Å². The molecule has 0 fully saturated rings. The summed E-state index contributed by atoms with van der Waals surface area (Å²) in [6.45, 7) is 0.480. The van der Waals surface area contributed by atoms with E-state index < -0.39 is 0 Å². The maximum absolute atomic E-state index is 8.68. The van der Waals surface area contributed by atoms with E-state index in [1.807, 2.05) is 67.0 Å². The van der Waals surface area contributed by atoms with Crippen LogP contribution in [0.15, 0.2) is 59.6 Å². The standard InChI is InChI=1S/C16H15N3OS/c1-21-16(18-12-17)19-14-9-5-6-10-15(14)20-11-13-7-3-2-4-8-13/h2-10H,11H2,1H3,(H,18,19). The number of hydrogen-bond acceptors (Lipinski definition) is 4. The van der Waals surface area contributed by atoms with Crippen LogP contribution in [0.4, 0.5) is 5.69 Å². The van der Waals surface area contributed by atoms with E-state index in [9.17, 15) is 0 Å². The number of nitriles is 1. The Morgan fingerprint density at radius 1 is 1.19 bits per heavy atom. The molecule has 4 nitrogen and oxygen atoms in total. The van der Waals surface area contributed by atoms with Gasteiger partial charge in [-0.15, -0.1) is 0 Å². The van der Waals surface area contributed by atoms with E-state index in [1.54, 1.807) is 0 Å². The second kappa shape index (κ2) is 7.98. The minimum atomic E-state index is 0.480. The molecule has 0 atom stereocenters. The van der Waals surface area contributed by atoms with Crippen molar-refractivity contribution in [1.82, 2.24) is 5.32 Å². The van der Waals surface area contributed by atoms with Crippen LogP contribution < -0.4 is 10.1 Å². The van der Waals surface area contributed by atoms with Gasteiger partial charge in [0.15, 0.2) is 11.4 Å². The maximum Gasteiger partial charge on any atom is 0.183 e. The van der Waals surface area contributed by atoms with Crippen LogP contribution in [0.3, 0.4) is 0 Å². The van der Waals surface area contributed by atoms with Gasteiger partial charge in [-0.3, -0.25) is 5.32 Å². The molecule has 106 valence electrons. The lowest BCUT2D eigenvalue weighted by molar-refractivity contribution is 0.307. The maximum atomic E-state index is 8.68. The SMILES string of the molecule is CSC(=Nc1ccccc1OCc1ccccc1)NC#N. The number of benzene rings is 2. The van der Waals surface area contributed by atoms with Crippen molar-refractivity contribution in [3.8, 4) is 11.9 Å². The molecular weight excluding hydrogens is 282 g/mol. The average molecular weight is 297 g/mol. The normalized spacial score (nSPS) is 10.8. The smallest absolute Gasteiger partial charge is 0.183 e. The van der Waals surface area contributed by atoms with Gasteiger partial charge in [-0.1, -0.05) is 54.2 Å². The van der Waals surface area contributed by atoms with Crippen LogP contribution in [0.5, 0.6) is 5.75 Å². The Bertz CT molecular complexity index is 650. The Hall–Kier alpha value is -2.45. The molecule has 0 aliphatic carbocycles. The minimum absolute atomic E-state index is 0.480. The summed E-state index contributed by atoms with van der Waals surface area (Å²) in [5.41, 5.74) is 1.79. The van der Waals surface area contributed by atoms with Gasteiger partial charge in [-0.2, -0.15) is 5.26 Å². The number of nitrogens with one attached hydrogen (secondary N) is 1. The number of hydrogen-bond donors (Lipinski definition) is 1. The van der Waals surface area contributed by atoms with Gasteiger partial charge in [-0.05, 0) is 24.0 Å². The number of para-hydroxylation sites is 2. The zero-order valence-electron chi connectivity index (χ0n) is 11.6. The van der Waals surface area contributed by atoms with E-state index in [4.69, 9.17) is 10.00 Å². The first-order valence-electron chi connectivity index (χ1n) is 6.37. The molecule has 21 heavy (non-hydrogen) atoms. The first-order valence-corrected chi connectivity index (χ1v) is 7.59. The van der Waals surface area contributed by atoms with Crippen LogP contribution in [0, 0.1) is 11.5 Å². The fourth-order valence-electron chi connectivity index (χ4n) is 1.69. The molecule has 5 heteroatoms. The summed E-state index contributed by atoms with van der Waals surface area (Å²) in [7, 11) is 0. The largest absolute Gasteiger partial charge is 0.487 e. The molecular formula is C16H15N3OS. The number of ether oxygens (including phenoxy) is 1. The van der Waals surface area contributed by atoms with Crippen molar-refractivity contribution in [1.29, 1.82) is 5.26 Å². The summed E-state index contributed by atoms with van der Waals surface area (Å²) >= 11 is 1.37. The molecule has 1 N–H and O–H groups in total. The molecule has 0 aliphatic rings. The Balaban J connectivity index is 2.15. The summed E-state index contributed by atoms with van der Waals surface area (Å²) in [5.74, 6) is 0.688. The van der Waals surface area contributed by atoms with Gasteiger partial charge in [0, 0.05) is 0 Å². The second-order valence-electron chi connectivity index (χ2n) is 4.10. The third-order valence-corrected chi connectivity index (χ3v) is 3.26. The number of nitrogens with zero attached hydrogens (tertiary/aromatic N) is 2. The zero-order valence-corrected chi connectivity index (χ0v) is 12.4. The monoisotopic (exact) mass is 297 g/mol. The van der Waals surface area contributed by atoms with Crippen molar-refractivity contribution >= 4 is 22.6 Å². The number of aliphatic imine (C=N–C) groups is 1. The Kier molecular flexibility index (Phi) is 5.68. The third kappa shape index (κ3) is 4.55.